The predicted octanol–water partition coefficient (Wildman–Crippen LogP) is 3.39. The first kappa shape index (κ1) is 10.9. The zero-order chi connectivity index (χ0) is 10.6. The Kier molecular flexibility index (Phi) is 3.81. The Morgan fingerprint density at radius 3 is 2.64 bits per heavy atom. The maximum atomic E-state index is 9.59. The molecule has 0 aromatic heterocycles. The number of hydrogen-bond donors (Lipinski definition) is 2. The van der Waals surface area contributed by atoms with Gasteiger partial charge in [-0.3, -0.25) is 0 Å². The van der Waals surface area contributed by atoms with Crippen molar-refractivity contribution in [1.82, 2.24) is 0 Å². The molecule has 0 aliphatic carbocycles. The number of aromatic hydroxyl groups is 2. The SMILES string of the molecule is CCCCC(C)c1cc(O)ccc1O. The summed E-state index contributed by atoms with van der Waals surface area (Å²) in [6, 6.07) is 4.70. The summed E-state index contributed by atoms with van der Waals surface area (Å²) in [4.78, 5) is 0. The molecule has 1 aromatic carbocycles. The monoisotopic (exact) mass is 194 g/mol. The van der Waals surface area contributed by atoms with Crippen LogP contribution in [0.1, 0.15) is 44.6 Å². The van der Waals surface area contributed by atoms with Crippen molar-refractivity contribution < 1.29 is 10.2 Å². The number of benzene rings is 1. The molecule has 0 bridgehead atoms. The number of phenols is 2. The first-order chi connectivity index (χ1) is 6.65. The minimum Gasteiger partial charge on any atom is -0.508 e. The van der Waals surface area contributed by atoms with Crippen LogP contribution in [-0.4, -0.2) is 10.2 Å². The maximum absolute atomic E-state index is 9.59. The van der Waals surface area contributed by atoms with Gasteiger partial charge in [0.25, 0.3) is 0 Å². The lowest BCUT2D eigenvalue weighted by Crippen LogP contribution is -1.93. The second-order valence-corrected chi connectivity index (χ2v) is 3.79. The van der Waals surface area contributed by atoms with E-state index in [-0.39, 0.29) is 11.5 Å². The summed E-state index contributed by atoms with van der Waals surface area (Å²) >= 11 is 0. The average molecular weight is 194 g/mol. The third-order valence-corrected chi connectivity index (χ3v) is 2.53. The standard InChI is InChI=1S/C12H18O2/c1-3-4-5-9(2)11-8-10(13)6-7-12(11)14/h6-9,13-14H,3-5H2,1-2H3. The number of unbranched alkanes of at least 4 members (excludes halogenated alkanes) is 1. The fourth-order valence-corrected chi connectivity index (χ4v) is 1.60. The van der Waals surface area contributed by atoms with Crippen molar-refractivity contribution in [2.45, 2.75) is 39.0 Å². The molecule has 0 aliphatic rings. The molecule has 0 fully saturated rings. The Morgan fingerprint density at radius 1 is 1.29 bits per heavy atom. The Labute approximate surface area is 85.2 Å². The Balaban J connectivity index is 2.77. The summed E-state index contributed by atoms with van der Waals surface area (Å²) in [5.41, 5.74) is 0.846. The number of hydrogen-bond acceptors (Lipinski definition) is 2. The van der Waals surface area contributed by atoms with E-state index in [1.165, 1.54) is 6.07 Å². The van der Waals surface area contributed by atoms with Crippen molar-refractivity contribution in [3.05, 3.63) is 23.8 Å². The highest BCUT2D eigenvalue weighted by molar-refractivity contribution is 5.40. The van der Waals surface area contributed by atoms with Crippen molar-refractivity contribution >= 4 is 0 Å². The van der Waals surface area contributed by atoms with Crippen LogP contribution >= 0.6 is 0 Å². The van der Waals surface area contributed by atoms with Gasteiger partial charge >= 0.3 is 0 Å². The quantitative estimate of drug-likeness (QED) is 0.721. The molecule has 0 saturated heterocycles. The fourth-order valence-electron chi connectivity index (χ4n) is 1.60. The average Bonchev–Trinajstić information content (AvgIpc) is 2.18. The van der Waals surface area contributed by atoms with E-state index in [1.807, 2.05) is 0 Å². The minimum atomic E-state index is 0.223. The molecule has 1 atom stereocenters. The Hall–Kier alpha value is -1.18. The predicted molar refractivity (Wildman–Crippen MR) is 57.7 cm³/mol. The second kappa shape index (κ2) is 4.89. The van der Waals surface area contributed by atoms with Crippen LogP contribution in [0.5, 0.6) is 11.5 Å². The van der Waals surface area contributed by atoms with Crippen molar-refractivity contribution in [1.29, 1.82) is 0 Å². The Morgan fingerprint density at radius 2 is 2.00 bits per heavy atom. The van der Waals surface area contributed by atoms with Crippen LogP contribution in [0.3, 0.4) is 0 Å². The van der Waals surface area contributed by atoms with E-state index in [2.05, 4.69) is 13.8 Å². The highest BCUT2D eigenvalue weighted by Crippen LogP contribution is 2.31. The fraction of sp³-hybridized carbons (Fsp3) is 0.500. The van der Waals surface area contributed by atoms with Gasteiger partial charge in [0.05, 0.1) is 0 Å². The van der Waals surface area contributed by atoms with Gasteiger partial charge in [0.15, 0.2) is 0 Å². The van der Waals surface area contributed by atoms with Gasteiger partial charge in [-0.15, -0.1) is 0 Å². The summed E-state index contributed by atoms with van der Waals surface area (Å²) in [5, 5.41) is 18.9. The smallest absolute Gasteiger partial charge is 0.119 e. The molecule has 78 valence electrons. The van der Waals surface area contributed by atoms with Gasteiger partial charge in [-0.2, -0.15) is 0 Å². The molecule has 14 heavy (non-hydrogen) atoms. The molecule has 0 heterocycles. The van der Waals surface area contributed by atoms with E-state index in [0.29, 0.717) is 5.92 Å². The normalized spacial score (nSPS) is 12.7. The van der Waals surface area contributed by atoms with Crippen LogP contribution in [-0.2, 0) is 0 Å². The van der Waals surface area contributed by atoms with Crippen molar-refractivity contribution in [2.75, 3.05) is 0 Å². The minimum absolute atomic E-state index is 0.223. The highest BCUT2D eigenvalue weighted by Gasteiger charge is 2.10. The van der Waals surface area contributed by atoms with Crippen LogP contribution in [0, 0.1) is 0 Å². The van der Waals surface area contributed by atoms with Crippen LogP contribution in [0.4, 0.5) is 0 Å². The Bertz CT molecular complexity index is 294. The summed E-state index contributed by atoms with van der Waals surface area (Å²) < 4.78 is 0. The summed E-state index contributed by atoms with van der Waals surface area (Å²) in [6.45, 7) is 4.22. The van der Waals surface area contributed by atoms with Gasteiger partial charge < -0.3 is 10.2 Å². The summed E-state index contributed by atoms with van der Waals surface area (Å²) in [6.07, 6.45) is 3.35. The molecule has 1 unspecified atom stereocenters. The van der Waals surface area contributed by atoms with Gasteiger partial charge in [0, 0.05) is 5.56 Å². The molecular formula is C12H18O2. The first-order valence-electron chi connectivity index (χ1n) is 5.17. The molecule has 0 saturated carbocycles. The molecular weight excluding hydrogens is 176 g/mol. The summed E-state index contributed by atoms with van der Waals surface area (Å²) in [5.74, 6) is 0.814. The van der Waals surface area contributed by atoms with E-state index in [0.717, 1.165) is 24.8 Å². The van der Waals surface area contributed by atoms with Crippen molar-refractivity contribution in [3.8, 4) is 11.5 Å². The van der Waals surface area contributed by atoms with Gasteiger partial charge in [-0.1, -0.05) is 26.7 Å². The molecule has 0 aliphatic heterocycles. The maximum Gasteiger partial charge on any atom is 0.119 e. The van der Waals surface area contributed by atoms with Gasteiger partial charge in [-0.25, -0.2) is 0 Å². The molecule has 0 amide bonds. The van der Waals surface area contributed by atoms with E-state index in [9.17, 15) is 10.2 Å². The van der Waals surface area contributed by atoms with E-state index in [4.69, 9.17) is 0 Å². The molecule has 2 N–H and O–H groups in total. The lowest BCUT2D eigenvalue weighted by molar-refractivity contribution is 0.446. The largest absolute Gasteiger partial charge is 0.508 e. The highest BCUT2D eigenvalue weighted by atomic mass is 16.3. The molecule has 2 nitrogen and oxygen atoms in total. The van der Waals surface area contributed by atoms with Crippen LogP contribution in [0.2, 0.25) is 0 Å². The molecule has 1 aromatic rings. The zero-order valence-corrected chi connectivity index (χ0v) is 8.83. The summed E-state index contributed by atoms with van der Waals surface area (Å²) in [7, 11) is 0. The van der Waals surface area contributed by atoms with E-state index < -0.39 is 0 Å². The van der Waals surface area contributed by atoms with Crippen LogP contribution in [0.15, 0.2) is 18.2 Å². The number of phenolic OH excluding ortho intramolecular Hbond substituents is 2. The third-order valence-electron chi connectivity index (χ3n) is 2.53. The number of rotatable bonds is 4. The zero-order valence-electron chi connectivity index (χ0n) is 8.83. The topological polar surface area (TPSA) is 40.5 Å². The van der Waals surface area contributed by atoms with Crippen LogP contribution in [0.25, 0.3) is 0 Å². The molecule has 0 radical (unpaired) electrons. The van der Waals surface area contributed by atoms with E-state index in [1.54, 1.807) is 12.1 Å². The van der Waals surface area contributed by atoms with E-state index >= 15 is 0 Å². The third kappa shape index (κ3) is 2.66. The molecule has 2 heteroatoms. The van der Waals surface area contributed by atoms with Gasteiger partial charge in [-0.05, 0) is 30.5 Å². The molecule has 0 spiro atoms. The lowest BCUT2D eigenvalue weighted by atomic mass is 9.94. The van der Waals surface area contributed by atoms with Crippen LogP contribution < -0.4 is 0 Å². The van der Waals surface area contributed by atoms with Crippen molar-refractivity contribution in [3.63, 3.8) is 0 Å². The van der Waals surface area contributed by atoms with Gasteiger partial charge in [0.1, 0.15) is 11.5 Å². The lowest BCUT2D eigenvalue weighted by Gasteiger charge is -2.13. The van der Waals surface area contributed by atoms with Crippen molar-refractivity contribution in [2.24, 2.45) is 0 Å². The second-order valence-electron chi connectivity index (χ2n) is 3.79. The van der Waals surface area contributed by atoms with Gasteiger partial charge in [0.2, 0.25) is 0 Å². The first-order valence-corrected chi connectivity index (χ1v) is 5.17. The molecule has 1 rings (SSSR count).